The Bertz CT molecular complexity index is 1010. The van der Waals surface area contributed by atoms with Crippen molar-refractivity contribution in [3.05, 3.63) is 60.2 Å². The molecule has 0 unspecified atom stereocenters. The third-order valence-electron chi connectivity index (χ3n) is 3.79. The normalized spacial score (nSPS) is 11.2. The lowest BCUT2D eigenvalue weighted by molar-refractivity contribution is 1.23. The summed E-state index contributed by atoms with van der Waals surface area (Å²) in [6.07, 6.45) is 5.44. The van der Waals surface area contributed by atoms with Gasteiger partial charge in [-0.3, -0.25) is 9.97 Å². The minimum atomic E-state index is 0.752. The van der Waals surface area contributed by atoms with Crippen LogP contribution >= 0.6 is 0 Å². The molecule has 0 amide bonds. The molecule has 0 N–H and O–H groups in total. The Kier molecular flexibility index (Phi) is 2.82. The Morgan fingerprint density at radius 3 is 2.64 bits per heavy atom. The van der Waals surface area contributed by atoms with Gasteiger partial charge in [0.25, 0.3) is 0 Å². The van der Waals surface area contributed by atoms with E-state index in [4.69, 9.17) is 0 Å². The van der Waals surface area contributed by atoms with Gasteiger partial charge in [0.1, 0.15) is 0 Å². The topological polar surface area (TPSA) is 51.6 Å². The minimum absolute atomic E-state index is 0.752. The van der Waals surface area contributed by atoms with Crippen LogP contribution in [0.1, 0.15) is 11.3 Å². The number of hydrogen-bond acceptors (Lipinski definition) is 4. The van der Waals surface area contributed by atoms with Crippen molar-refractivity contribution in [2.75, 3.05) is 0 Å². The van der Waals surface area contributed by atoms with Crippen LogP contribution in [0, 0.1) is 13.8 Å². The van der Waals surface area contributed by atoms with Crippen molar-refractivity contribution in [1.29, 1.82) is 0 Å². The zero-order chi connectivity index (χ0) is 15.1. The summed E-state index contributed by atoms with van der Waals surface area (Å²) in [5.41, 5.74) is 6.87. The summed E-state index contributed by atoms with van der Waals surface area (Å²) in [6.45, 7) is 4.08. The smallest absolute Gasteiger partial charge is 0.159 e. The number of fused-ring (bicyclic) bond motifs is 2. The van der Waals surface area contributed by atoms with Gasteiger partial charge >= 0.3 is 0 Å². The molecule has 0 aliphatic carbocycles. The third-order valence-corrected chi connectivity index (χ3v) is 3.79. The van der Waals surface area contributed by atoms with E-state index < -0.39 is 0 Å². The SMILES string of the molecule is Cc1cc(-c2c(C)cnc3ncccc23)c2ncccc2n1. The summed E-state index contributed by atoms with van der Waals surface area (Å²) in [5.74, 6) is 0. The number of nitrogens with zero attached hydrogens (tertiary/aromatic N) is 4. The van der Waals surface area contributed by atoms with E-state index >= 15 is 0 Å². The van der Waals surface area contributed by atoms with Gasteiger partial charge in [0.15, 0.2) is 5.65 Å². The van der Waals surface area contributed by atoms with E-state index in [-0.39, 0.29) is 0 Å². The molecule has 0 atom stereocenters. The molecule has 0 radical (unpaired) electrons. The van der Waals surface area contributed by atoms with Gasteiger partial charge in [0.05, 0.1) is 11.0 Å². The highest BCUT2D eigenvalue weighted by atomic mass is 14.8. The summed E-state index contributed by atoms with van der Waals surface area (Å²) in [6, 6.07) is 10.00. The molecule has 0 aliphatic rings. The van der Waals surface area contributed by atoms with Gasteiger partial charge in [0.2, 0.25) is 0 Å². The van der Waals surface area contributed by atoms with Crippen molar-refractivity contribution in [1.82, 2.24) is 19.9 Å². The van der Waals surface area contributed by atoms with Crippen LogP contribution in [0.4, 0.5) is 0 Å². The fourth-order valence-electron chi connectivity index (χ4n) is 2.87. The first-order chi connectivity index (χ1) is 10.7. The number of hydrogen-bond donors (Lipinski definition) is 0. The average Bonchev–Trinajstić information content (AvgIpc) is 2.54. The predicted molar refractivity (Wildman–Crippen MR) is 87.5 cm³/mol. The summed E-state index contributed by atoms with van der Waals surface area (Å²) in [7, 11) is 0. The Morgan fingerprint density at radius 2 is 1.73 bits per heavy atom. The van der Waals surface area contributed by atoms with Crippen LogP contribution in [0.5, 0.6) is 0 Å². The Hall–Kier alpha value is -2.88. The quantitative estimate of drug-likeness (QED) is 0.533. The van der Waals surface area contributed by atoms with Crippen LogP contribution in [0.15, 0.2) is 48.9 Å². The van der Waals surface area contributed by atoms with Crippen LogP contribution in [0.3, 0.4) is 0 Å². The molecule has 0 aliphatic heterocycles. The van der Waals surface area contributed by atoms with Gasteiger partial charge < -0.3 is 0 Å². The second-order valence-electron chi connectivity index (χ2n) is 5.37. The second-order valence-corrected chi connectivity index (χ2v) is 5.37. The Labute approximate surface area is 127 Å². The molecule has 0 bridgehead atoms. The maximum atomic E-state index is 4.58. The van der Waals surface area contributed by atoms with Gasteiger partial charge in [-0.2, -0.15) is 0 Å². The summed E-state index contributed by atoms with van der Waals surface area (Å²) in [5, 5.41) is 1.04. The van der Waals surface area contributed by atoms with Crippen LogP contribution in [-0.2, 0) is 0 Å². The molecule has 0 fully saturated rings. The van der Waals surface area contributed by atoms with Gasteiger partial charge in [-0.05, 0) is 55.3 Å². The van der Waals surface area contributed by atoms with Gasteiger partial charge in [-0.25, -0.2) is 9.97 Å². The van der Waals surface area contributed by atoms with Gasteiger partial charge in [0, 0.05) is 35.2 Å². The number of pyridine rings is 4. The van der Waals surface area contributed by atoms with Gasteiger partial charge in [-0.1, -0.05) is 0 Å². The molecular weight excluding hydrogens is 272 g/mol. The number of aryl methyl sites for hydroxylation is 2. The van der Waals surface area contributed by atoms with E-state index in [0.29, 0.717) is 0 Å². The average molecular weight is 286 g/mol. The lowest BCUT2D eigenvalue weighted by Crippen LogP contribution is -1.95. The highest BCUT2D eigenvalue weighted by Gasteiger charge is 2.13. The standard InChI is InChI=1S/C18H14N4/c1-11-10-21-18-13(5-3-8-20-18)16(11)14-9-12(2)22-15-6-4-7-19-17(14)15/h3-10H,1-2H3. The maximum absolute atomic E-state index is 4.58. The van der Waals surface area contributed by atoms with E-state index in [1.54, 1.807) is 12.4 Å². The lowest BCUT2D eigenvalue weighted by atomic mass is 9.97. The van der Waals surface area contributed by atoms with Crippen LogP contribution < -0.4 is 0 Å². The van der Waals surface area contributed by atoms with Crippen LogP contribution in [0.2, 0.25) is 0 Å². The highest BCUT2D eigenvalue weighted by molar-refractivity contribution is 6.02. The van der Waals surface area contributed by atoms with Crippen molar-refractivity contribution in [2.24, 2.45) is 0 Å². The van der Waals surface area contributed by atoms with Crippen molar-refractivity contribution in [3.8, 4) is 11.1 Å². The molecule has 106 valence electrons. The molecule has 4 aromatic heterocycles. The molecule has 0 saturated heterocycles. The Balaban J connectivity index is 2.18. The van der Waals surface area contributed by atoms with Crippen LogP contribution in [0.25, 0.3) is 33.2 Å². The van der Waals surface area contributed by atoms with Crippen molar-refractivity contribution in [2.45, 2.75) is 13.8 Å². The molecule has 4 heteroatoms. The fraction of sp³-hybridized carbons (Fsp3) is 0.111. The van der Waals surface area contributed by atoms with Crippen LogP contribution in [-0.4, -0.2) is 19.9 Å². The maximum Gasteiger partial charge on any atom is 0.159 e. The largest absolute Gasteiger partial charge is 0.254 e. The third kappa shape index (κ3) is 1.92. The predicted octanol–water partition coefficient (Wildman–Crippen LogP) is 3.86. The highest BCUT2D eigenvalue weighted by Crippen LogP contribution is 2.34. The molecular formula is C18H14N4. The molecule has 4 aromatic rings. The van der Waals surface area contributed by atoms with E-state index in [2.05, 4.69) is 39.0 Å². The summed E-state index contributed by atoms with van der Waals surface area (Å²) in [4.78, 5) is 17.9. The minimum Gasteiger partial charge on any atom is -0.254 e. The number of rotatable bonds is 1. The summed E-state index contributed by atoms with van der Waals surface area (Å²) >= 11 is 0. The fourth-order valence-corrected chi connectivity index (χ4v) is 2.87. The van der Waals surface area contributed by atoms with E-state index in [1.807, 2.05) is 31.3 Å². The first-order valence-corrected chi connectivity index (χ1v) is 7.17. The molecule has 4 heterocycles. The Morgan fingerprint density at radius 1 is 0.909 bits per heavy atom. The zero-order valence-corrected chi connectivity index (χ0v) is 12.4. The van der Waals surface area contributed by atoms with Gasteiger partial charge in [-0.15, -0.1) is 0 Å². The lowest BCUT2D eigenvalue weighted by Gasteiger charge is -2.12. The molecule has 4 nitrogen and oxygen atoms in total. The van der Waals surface area contributed by atoms with E-state index in [0.717, 1.165) is 44.5 Å². The molecule has 22 heavy (non-hydrogen) atoms. The monoisotopic (exact) mass is 286 g/mol. The van der Waals surface area contributed by atoms with E-state index in [9.17, 15) is 0 Å². The first-order valence-electron chi connectivity index (χ1n) is 7.17. The summed E-state index contributed by atoms with van der Waals surface area (Å²) < 4.78 is 0. The molecule has 0 aromatic carbocycles. The van der Waals surface area contributed by atoms with Crippen molar-refractivity contribution >= 4 is 22.1 Å². The number of aromatic nitrogens is 4. The molecule has 0 spiro atoms. The van der Waals surface area contributed by atoms with Crippen molar-refractivity contribution < 1.29 is 0 Å². The molecule has 4 rings (SSSR count). The van der Waals surface area contributed by atoms with E-state index in [1.165, 1.54) is 0 Å². The zero-order valence-electron chi connectivity index (χ0n) is 12.4. The molecule has 0 saturated carbocycles. The van der Waals surface area contributed by atoms with Crippen molar-refractivity contribution in [3.63, 3.8) is 0 Å². The first kappa shape index (κ1) is 12.8. The second kappa shape index (κ2) is 4.84.